The SMILES string of the molecule is CSC1CCCCC1NCCC1CCCCN1C. The van der Waals surface area contributed by atoms with Gasteiger partial charge in [0.2, 0.25) is 0 Å². The summed E-state index contributed by atoms with van der Waals surface area (Å²) in [5.41, 5.74) is 0. The molecular weight excluding hydrogens is 240 g/mol. The Kier molecular flexibility index (Phi) is 6.33. The lowest BCUT2D eigenvalue weighted by atomic mass is 9.94. The second-order valence-corrected chi connectivity index (χ2v) is 7.12. The van der Waals surface area contributed by atoms with E-state index in [9.17, 15) is 0 Å². The van der Waals surface area contributed by atoms with Crippen LogP contribution in [0.2, 0.25) is 0 Å². The minimum absolute atomic E-state index is 0.780. The number of piperidine rings is 1. The van der Waals surface area contributed by atoms with Crippen molar-refractivity contribution in [3.8, 4) is 0 Å². The van der Waals surface area contributed by atoms with E-state index in [1.807, 2.05) is 0 Å². The van der Waals surface area contributed by atoms with Crippen molar-refractivity contribution >= 4 is 11.8 Å². The van der Waals surface area contributed by atoms with Crippen LogP contribution in [-0.2, 0) is 0 Å². The molecule has 0 aromatic rings. The molecule has 3 atom stereocenters. The van der Waals surface area contributed by atoms with Gasteiger partial charge in [0.05, 0.1) is 0 Å². The fourth-order valence-corrected chi connectivity index (χ4v) is 4.52. The molecular formula is C15H30N2S. The molecule has 106 valence electrons. The number of thioether (sulfide) groups is 1. The molecule has 0 amide bonds. The Hall–Kier alpha value is 0.270. The van der Waals surface area contributed by atoms with Crippen LogP contribution in [0.5, 0.6) is 0 Å². The van der Waals surface area contributed by atoms with Crippen LogP contribution >= 0.6 is 11.8 Å². The first-order valence-electron chi connectivity index (χ1n) is 7.77. The van der Waals surface area contributed by atoms with Gasteiger partial charge in [-0.3, -0.25) is 0 Å². The molecule has 0 spiro atoms. The smallest absolute Gasteiger partial charge is 0.0198 e. The van der Waals surface area contributed by atoms with E-state index in [1.165, 1.54) is 64.5 Å². The summed E-state index contributed by atoms with van der Waals surface area (Å²) in [6.45, 7) is 2.53. The van der Waals surface area contributed by atoms with Gasteiger partial charge in [0.1, 0.15) is 0 Å². The summed E-state index contributed by atoms with van der Waals surface area (Å²) < 4.78 is 0. The van der Waals surface area contributed by atoms with Crippen molar-refractivity contribution in [2.75, 3.05) is 26.4 Å². The summed E-state index contributed by atoms with van der Waals surface area (Å²) in [5.74, 6) is 0. The van der Waals surface area contributed by atoms with Gasteiger partial charge in [-0.05, 0) is 58.5 Å². The third-order valence-electron chi connectivity index (χ3n) is 4.81. The first-order chi connectivity index (χ1) is 8.81. The van der Waals surface area contributed by atoms with E-state index in [-0.39, 0.29) is 0 Å². The Morgan fingerprint density at radius 3 is 2.67 bits per heavy atom. The normalized spacial score (nSPS) is 34.7. The molecule has 18 heavy (non-hydrogen) atoms. The highest BCUT2D eigenvalue weighted by atomic mass is 32.2. The lowest BCUT2D eigenvalue weighted by Gasteiger charge is -2.34. The van der Waals surface area contributed by atoms with Crippen LogP contribution in [0.15, 0.2) is 0 Å². The van der Waals surface area contributed by atoms with Crippen LogP contribution in [0, 0.1) is 0 Å². The van der Waals surface area contributed by atoms with Gasteiger partial charge in [-0.1, -0.05) is 19.3 Å². The number of hydrogen-bond donors (Lipinski definition) is 1. The molecule has 1 saturated carbocycles. The highest BCUT2D eigenvalue weighted by Crippen LogP contribution is 2.27. The molecule has 0 aromatic carbocycles. The van der Waals surface area contributed by atoms with Crippen molar-refractivity contribution in [2.24, 2.45) is 0 Å². The van der Waals surface area contributed by atoms with E-state index in [0.717, 1.165) is 17.3 Å². The number of likely N-dealkylation sites (tertiary alicyclic amines) is 1. The lowest BCUT2D eigenvalue weighted by Crippen LogP contribution is -2.43. The zero-order chi connectivity index (χ0) is 12.8. The minimum atomic E-state index is 0.780. The van der Waals surface area contributed by atoms with Gasteiger partial charge in [-0.15, -0.1) is 0 Å². The fraction of sp³-hybridized carbons (Fsp3) is 1.00. The summed E-state index contributed by atoms with van der Waals surface area (Å²) in [6, 6.07) is 1.62. The Labute approximate surface area is 117 Å². The Bertz CT molecular complexity index is 235. The first kappa shape index (κ1) is 14.7. The largest absolute Gasteiger partial charge is 0.313 e. The van der Waals surface area contributed by atoms with Crippen molar-refractivity contribution in [1.29, 1.82) is 0 Å². The summed E-state index contributed by atoms with van der Waals surface area (Å²) in [7, 11) is 2.30. The average Bonchev–Trinajstić information content (AvgIpc) is 2.41. The van der Waals surface area contributed by atoms with Gasteiger partial charge in [0.25, 0.3) is 0 Å². The average molecular weight is 270 g/mol. The maximum atomic E-state index is 3.84. The van der Waals surface area contributed by atoms with Gasteiger partial charge < -0.3 is 10.2 Å². The number of nitrogens with one attached hydrogen (secondary N) is 1. The van der Waals surface area contributed by atoms with Crippen molar-refractivity contribution in [3.05, 3.63) is 0 Å². The molecule has 3 heteroatoms. The molecule has 1 saturated heterocycles. The van der Waals surface area contributed by atoms with E-state index < -0.39 is 0 Å². The van der Waals surface area contributed by atoms with Crippen LogP contribution < -0.4 is 5.32 Å². The maximum absolute atomic E-state index is 3.84. The van der Waals surface area contributed by atoms with Gasteiger partial charge in [0, 0.05) is 17.3 Å². The molecule has 1 aliphatic carbocycles. The third-order valence-corrected chi connectivity index (χ3v) is 5.98. The second kappa shape index (κ2) is 7.76. The van der Waals surface area contributed by atoms with Gasteiger partial charge >= 0.3 is 0 Å². The maximum Gasteiger partial charge on any atom is 0.0198 e. The van der Waals surface area contributed by atoms with Crippen LogP contribution in [-0.4, -0.2) is 48.6 Å². The molecule has 1 aliphatic heterocycles. The van der Waals surface area contributed by atoms with Gasteiger partial charge in [0.15, 0.2) is 0 Å². The Morgan fingerprint density at radius 1 is 1.11 bits per heavy atom. The van der Waals surface area contributed by atoms with Crippen LogP contribution in [0.3, 0.4) is 0 Å². The predicted octanol–water partition coefficient (Wildman–Crippen LogP) is 3.12. The summed E-state index contributed by atoms with van der Waals surface area (Å²) in [4.78, 5) is 2.57. The molecule has 2 fully saturated rings. The lowest BCUT2D eigenvalue weighted by molar-refractivity contribution is 0.173. The fourth-order valence-electron chi connectivity index (χ4n) is 3.56. The van der Waals surface area contributed by atoms with Gasteiger partial charge in [-0.25, -0.2) is 0 Å². The van der Waals surface area contributed by atoms with E-state index in [2.05, 4.69) is 35.3 Å². The molecule has 1 N–H and O–H groups in total. The molecule has 2 rings (SSSR count). The predicted molar refractivity (Wildman–Crippen MR) is 82.4 cm³/mol. The highest BCUT2D eigenvalue weighted by molar-refractivity contribution is 7.99. The zero-order valence-corrected chi connectivity index (χ0v) is 13.0. The van der Waals surface area contributed by atoms with Crippen molar-refractivity contribution in [3.63, 3.8) is 0 Å². The molecule has 0 aromatic heterocycles. The molecule has 0 bridgehead atoms. The minimum Gasteiger partial charge on any atom is -0.313 e. The molecule has 2 nitrogen and oxygen atoms in total. The number of nitrogens with zero attached hydrogens (tertiary/aromatic N) is 1. The van der Waals surface area contributed by atoms with Crippen molar-refractivity contribution < 1.29 is 0 Å². The van der Waals surface area contributed by atoms with Crippen LogP contribution in [0.25, 0.3) is 0 Å². The summed E-state index contributed by atoms with van der Waals surface area (Å²) in [6.07, 6.45) is 13.5. The first-order valence-corrected chi connectivity index (χ1v) is 9.06. The summed E-state index contributed by atoms with van der Waals surface area (Å²) >= 11 is 2.07. The third kappa shape index (κ3) is 4.14. The van der Waals surface area contributed by atoms with E-state index >= 15 is 0 Å². The van der Waals surface area contributed by atoms with Crippen LogP contribution in [0.4, 0.5) is 0 Å². The molecule has 3 unspecified atom stereocenters. The standard InChI is InChI=1S/C15H30N2S/c1-17-12-6-5-7-13(17)10-11-16-14-8-3-4-9-15(14)18-2/h13-16H,3-12H2,1-2H3. The van der Waals surface area contributed by atoms with E-state index in [0.29, 0.717) is 0 Å². The number of hydrogen-bond acceptors (Lipinski definition) is 3. The topological polar surface area (TPSA) is 15.3 Å². The quantitative estimate of drug-likeness (QED) is 0.826. The Balaban J connectivity index is 1.67. The molecule has 1 heterocycles. The number of rotatable bonds is 5. The summed E-state index contributed by atoms with van der Waals surface area (Å²) in [5, 5.41) is 4.71. The van der Waals surface area contributed by atoms with E-state index in [4.69, 9.17) is 0 Å². The van der Waals surface area contributed by atoms with Crippen LogP contribution in [0.1, 0.15) is 51.4 Å². The van der Waals surface area contributed by atoms with Crippen molar-refractivity contribution in [2.45, 2.75) is 68.7 Å². The van der Waals surface area contributed by atoms with Crippen molar-refractivity contribution in [1.82, 2.24) is 10.2 Å². The van der Waals surface area contributed by atoms with Gasteiger partial charge in [-0.2, -0.15) is 11.8 Å². The monoisotopic (exact) mass is 270 g/mol. The molecule has 2 aliphatic rings. The van der Waals surface area contributed by atoms with E-state index in [1.54, 1.807) is 0 Å². The molecule has 0 radical (unpaired) electrons. The Morgan fingerprint density at radius 2 is 1.89 bits per heavy atom. The highest BCUT2D eigenvalue weighted by Gasteiger charge is 2.24. The zero-order valence-electron chi connectivity index (χ0n) is 12.2. The second-order valence-electron chi connectivity index (χ2n) is 6.04.